The minimum Gasteiger partial charge on any atom is -0.456 e. The van der Waals surface area contributed by atoms with Gasteiger partial charge in [0.15, 0.2) is 11.8 Å². The third kappa shape index (κ3) is 4.18. The molecule has 1 unspecified atom stereocenters. The summed E-state index contributed by atoms with van der Waals surface area (Å²) in [7, 11) is 0. The quantitative estimate of drug-likeness (QED) is 0.329. The zero-order chi connectivity index (χ0) is 24.9. The molecule has 0 aliphatic carbocycles. The summed E-state index contributed by atoms with van der Waals surface area (Å²) >= 11 is 8.23. The lowest BCUT2D eigenvalue weighted by Crippen LogP contribution is -2.34. The fraction of sp³-hybridized carbons (Fsp3) is 0.222. The molecule has 2 N–H and O–H groups in total. The van der Waals surface area contributed by atoms with E-state index < -0.39 is 6.10 Å². The summed E-state index contributed by atoms with van der Waals surface area (Å²) in [4.78, 5) is 16.7. The number of hydrogen-bond donors (Lipinski definition) is 2. The number of aromatic nitrogens is 4. The number of aromatic amines is 1. The van der Waals surface area contributed by atoms with E-state index in [-0.39, 0.29) is 24.9 Å². The molecule has 5 heterocycles. The van der Waals surface area contributed by atoms with Gasteiger partial charge >= 0.3 is 0 Å². The van der Waals surface area contributed by atoms with Gasteiger partial charge in [-0.25, -0.2) is 9.97 Å². The molecular weight excluding hydrogens is 512 g/mol. The molecule has 2 aromatic carbocycles. The number of imidazole rings is 1. The van der Waals surface area contributed by atoms with Crippen LogP contribution in [0.1, 0.15) is 0 Å². The van der Waals surface area contributed by atoms with Crippen LogP contribution < -0.4 is 4.74 Å². The number of aliphatic hydroxyl groups excluding tert-OH is 1. The molecular formula is C27H21ClN4O4S. The number of thiazole rings is 1. The summed E-state index contributed by atoms with van der Waals surface area (Å²) in [6.07, 6.45) is 0.132. The van der Waals surface area contributed by atoms with Crippen molar-refractivity contribution in [1.82, 2.24) is 19.9 Å². The molecule has 37 heavy (non-hydrogen) atoms. The van der Waals surface area contributed by atoms with E-state index in [1.807, 2.05) is 23.7 Å². The normalized spacial score (nSPS) is 23.0. The Labute approximate surface area is 220 Å². The Morgan fingerprint density at radius 3 is 2.35 bits per heavy atom. The average Bonchev–Trinajstić information content (AvgIpc) is 3.71. The van der Waals surface area contributed by atoms with Crippen molar-refractivity contribution in [2.75, 3.05) is 13.2 Å². The van der Waals surface area contributed by atoms with E-state index in [0.717, 1.165) is 27.3 Å². The topological polar surface area (TPSA) is 102 Å². The Hall–Kier alpha value is -3.34. The zero-order valence-electron chi connectivity index (χ0n) is 19.4. The molecule has 0 saturated carbocycles. The Kier molecular flexibility index (Phi) is 5.67. The van der Waals surface area contributed by atoms with Crippen molar-refractivity contribution < 1.29 is 19.3 Å². The van der Waals surface area contributed by atoms with Crippen LogP contribution in [0.4, 0.5) is 0 Å². The van der Waals surface area contributed by atoms with E-state index in [4.69, 9.17) is 30.8 Å². The predicted octanol–water partition coefficient (Wildman–Crippen LogP) is 4.97. The third-order valence-corrected chi connectivity index (χ3v) is 7.82. The maximum absolute atomic E-state index is 9.94. The molecule has 8 nitrogen and oxygen atoms in total. The van der Waals surface area contributed by atoms with Crippen LogP contribution in [0.15, 0.2) is 66.2 Å². The van der Waals surface area contributed by atoms with E-state index in [9.17, 15) is 5.11 Å². The second-order valence-corrected chi connectivity index (χ2v) is 10.3. The van der Waals surface area contributed by atoms with Crippen molar-refractivity contribution in [3.05, 3.63) is 71.2 Å². The molecule has 4 atom stereocenters. The minimum atomic E-state index is -0.633. The highest BCUT2D eigenvalue weighted by atomic mass is 35.5. The lowest BCUT2D eigenvalue weighted by atomic mass is 10.0. The van der Waals surface area contributed by atoms with Crippen LogP contribution >= 0.6 is 22.9 Å². The van der Waals surface area contributed by atoms with Gasteiger partial charge in [-0.15, -0.1) is 11.3 Å². The number of benzene rings is 2. The van der Waals surface area contributed by atoms with Gasteiger partial charge in [-0.2, -0.15) is 4.98 Å². The summed E-state index contributed by atoms with van der Waals surface area (Å²) in [5.41, 5.74) is 6.02. The maximum atomic E-state index is 9.94. The van der Waals surface area contributed by atoms with Crippen molar-refractivity contribution in [2.45, 2.75) is 24.4 Å². The third-order valence-electron chi connectivity index (χ3n) is 6.71. The molecule has 2 aliphatic rings. The Bertz CT molecular complexity index is 1560. The van der Waals surface area contributed by atoms with Crippen LogP contribution in [-0.2, 0) is 9.47 Å². The number of ether oxygens (including phenoxy) is 3. The van der Waals surface area contributed by atoms with Crippen molar-refractivity contribution in [3.8, 4) is 39.0 Å². The highest BCUT2D eigenvalue weighted by Crippen LogP contribution is 2.33. The highest BCUT2D eigenvalue weighted by molar-refractivity contribution is 7.13. The van der Waals surface area contributed by atoms with Crippen LogP contribution in [0.2, 0.25) is 5.02 Å². The highest BCUT2D eigenvalue weighted by Gasteiger charge is 2.48. The van der Waals surface area contributed by atoms with E-state index in [0.29, 0.717) is 34.5 Å². The largest absolute Gasteiger partial charge is 0.456 e. The molecule has 10 heteroatoms. The van der Waals surface area contributed by atoms with Crippen molar-refractivity contribution in [2.24, 2.45) is 0 Å². The molecule has 5 aromatic rings. The SMILES string of the molecule is O[C@@H]1COC2[C@H](Oc3nc4nc(-c5ccc(-c6ccc(-c7nccs7)cc6)cc5)c(Cl)cc4[nH]3)CO[C@@H]21. The van der Waals surface area contributed by atoms with Gasteiger partial charge in [-0.1, -0.05) is 60.1 Å². The fourth-order valence-electron chi connectivity index (χ4n) is 4.83. The molecule has 7 rings (SSSR count). The molecule has 2 fully saturated rings. The van der Waals surface area contributed by atoms with E-state index in [2.05, 4.69) is 51.4 Å². The molecule has 3 aromatic heterocycles. The summed E-state index contributed by atoms with van der Waals surface area (Å²) < 4.78 is 17.2. The van der Waals surface area contributed by atoms with Crippen molar-refractivity contribution in [1.29, 1.82) is 0 Å². The number of fused-ring (bicyclic) bond motifs is 2. The molecule has 2 aliphatic heterocycles. The number of halogens is 1. The van der Waals surface area contributed by atoms with Crippen LogP contribution in [0.25, 0.3) is 44.1 Å². The molecule has 0 radical (unpaired) electrons. The number of rotatable bonds is 5. The number of nitrogens with zero attached hydrogens (tertiary/aromatic N) is 3. The van der Waals surface area contributed by atoms with E-state index in [1.54, 1.807) is 17.4 Å². The van der Waals surface area contributed by atoms with Crippen LogP contribution in [0, 0.1) is 0 Å². The first-order valence-electron chi connectivity index (χ1n) is 11.9. The standard InChI is InChI=1S/C27H21ClN4O4S/c28-18-11-19-25(32-27(30-19)36-21-13-35-23-20(33)12-34-24(21)23)31-22(18)16-5-1-14(2-6-16)15-3-7-17(8-4-15)26-29-9-10-37-26/h1-11,20-21,23-24,33H,12-13H2,(H,30,31,32)/t20-,21-,23-,24?/m1/s1. The van der Waals surface area contributed by atoms with Gasteiger partial charge in [0.2, 0.25) is 0 Å². The van der Waals surface area contributed by atoms with Crippen LogP contribution in [0.3, 0.4) is 0 Å². The first-order chi connectivity index (χ1) is 18.1. The molecule has 186 valence electrons. The van der Waals surface area contributed by atoms with Gasteiger partial charge in [0, 0.05) is 22.7 Å². The number of pyridine rings is 1. The molecule has 0 spiro atoms. The monoisotopic (exact) mass is 532 g/mol. The fourth-order valence-corrected chi connectivity index (χ4v) is 5.74. The second-order valence-electron chi connectivity index (χ2n) is 9.04. The zero-order valence-corrected chi connectivity index (χ0v) is 20.9. The van der Waals surface area contributed by atoms with Crippen LogP contribution in [0.5, 0.6) is 6.01 Å². The molecule has 2 saturated heterocycles. The number of aliphatic hydroxyl groups is 1. The minimum absolute atomic E-state index is 0.243. The van der Waals surface area contributed by atoms with Crippen molar-refractivity contribution >= 4 is 34.1 Å². The average molecular weight is 533 g/mol. The van der Waals surface area contributed by atoms with Gasteiger partial charge in [-0.3, -0.25) is 0 Å². The molecule has 0 amide bonds. The summed E-state index contributed by atoms with van der Waals surface area (Å²) in [6, 6.07) is 18.6. The summed E-state index contributed by atoms with van der Waals surface area (Å²) in [6.45, 7) is 0.565. The number of nitrogens with one attached hydrogen (secondary N) is 1. The van der Waals surface area contributed by atoms with Gasteiger partial charge in [0.05, 0.1) is 29.4 Å². The summed E-state index contributed by atoms with van der Waals surface area (Å²) in [5.74, 6) is 0. The van der Waals surface area contributed by atoms with Gasteiger partial charge in [0.25, 0.3) is 6.01 Å². The lowest BCUT2D eigenvalue weighted by Gasteiger charge is -2.15. The Morgan fingerprint density at radius 2 is 1.62 bits per heavy atom. The lowest BCUT2D eigenvalue weighted by molar-refractivity contribution is 0.00706. The first-order valence-corrected chi connectivity index (χ1v) is 13.1. The Balaban J connectivity index is 1.11. The van der Waals surface area contributed by atoms with E-state index >= 15 is 0 Å². The Morgan fingerprint density at radius 1 is 0.919 bits per heavy atom. The number of H-pyrrole nitrogens is 1. The predicted molar refractivity (Wildman–Crippen MR) is 141 cm³/mol. The van der Waals surface area contributed by atoms with Gasteiger partial charge in [0.1, 0.15) is 23.3 Å². The van der Waals surface area contributed by atoms with Gasteiger partial charge in [-0.05, 0) is 17.2 Å². The molecule has 0 bridgehead atoms. The maximum Gasteiger partial charge on any atom is 0.296 e. The summed E-state index contributed by atoms with van der Waals surface area (Å²) in [5, 5.41) is 13.4. The van der Waals surface area contributed by atoms with E-state index in [1.165, 1.54) is 0 Å². The van der Waals surface area contributed by atoms with Gasteiger partial charge < -0.3 is 24.3 Å². The van der Waals surface area contributed by atoms with Crippen molar-refractivity contribution in [3.63, 3.8) is 0 Å². The smallest absolute Gasteiger partial charge is 0.296 e. The second kappa shape index (κ2) is 9.20. The first kappa shape index (κ1) is 22.8. The van der Waals surface area contributed by atoms with Crippen LogP contribution in [-0.4, -0.2) is 62.7 Å². The number of hydrogen-bond acceptors (Lipinski definition) is 8.